The highest BCUT2D eigenvalue weighted by molar-refractivity contribution is 5.88. The number of hydroxylamine groups is 1. The second-order valence-electron chi connectivity index (χ2n) is 8.60. The second kappa shape index (κ2) is 9.27. The molecule has 9 nitrogen and oxygen atoms in total. The molecule has 1 aromatic rings. The molecule has 0 bridgehead atoms. The first-order valence-electron chi connectivity index (χ1n) is 9.14. The van der Waals surface area contributed by atoms with Gasteiger partial charge in [0.05, 0.1) is 5.92 Å². The van der Waals surface area contributed by atoms with E-state index in [-0.39, 0.29) is 24.1 Å². The molecule has 0 radical (unpaired) electrons. The smallest absolute Gasteiger partial charge is 0.272 e. The Morgan fingerprint density at radius 1 is 1.07 bits per heavy atom. The van der Waals surface area contributed by atoms with E-state index in [9.17, 15) is 14.7 Å². The summed E-state index contributed by atoms with van der Waals surface area (Å²) in [6.45, 7) is 13.3. The van der Waals surface area contributed by atoms with Crippen LogP contribution >= 0.6 is 0 Å². The van der Waals surface area contributed by atoms with Crippen molar-refractivity contribution >= 4 is 11.8 Å². The maximum atomic E-state index is 12.9. The van der Waals surface area contributed by atoms with Crippen LogP contribution in [-0.2, 0) is 9.59 Å². The molecule has 2 amide bonds. The highest BCUT2D eigenvalue weighted by Gasteiger charge is 2.38. The Labute approximate surface area is 159 Å². The predicted molar refractivity (Wildman–Crippen MR) is 97.6 cm³/mol. The molecule has 0 saturated carbocycles. The van der Waals surface area contributed by atoms with Crippen molar-refractivity contribution in [2.45, 2.75) is 73.0 Å². The van der Waals surface area contributed by atoms with Gasteiger partial charge >= 0.3 is 0 Å². The van der Waals surface area contributed by atoms with Crippen LogP contribution in [0.25, 0.3) is 0 Å². The Balaban J connectivity index is 3.13. The molecule has 0 aliphatic rings. The van der Waals surface area contributed by atoms with Gasteiger partial charge in [-0.3, -0.25) is 14.8 Å². The van der Waals surface area contributed by atoms with Crippen molar-refractivity contribution in [3.63, 3.8) is 0 Å². The quantitative estimate of drug-likeness (QED) is 0.397. The number of nitrogens with one attached hydrogen (secondary N) is 2. The van der Waals surface area contributed by atoms with Crippen molar-refractivity contribution in [3.05, 3.63) is 11.8 Å². The Morgan fingerprint density at radius 3 is 2.04 bits per heavy atom. The van der Waals surface area contributed by atoms with E-state index >= 15 is 0 Å². The third-order valence-corrected chi connectivity index (χ3v) is 4.17. The fourth-order valence-electron chi connectivity index (χ4n) is 2.63. The molecule has 0 aliphatic heterocycles. The molecule has 3 atom stereocenters. The van der Waals surface area contributed by atoms with Crippen LogP contribution in [-0.4, -0.2) is 38.4 Å². The molecule has 1 aromatic heterocycles. The Morgan fingerprint density at radius 2 is 1.63 bits per heavy atom. The number of hydrogen-bond donors (Lipinski definition) is 4. The molecule has 1 rings (SSSR count). The lowest BCUT2D eigenvalue weighted by molar-refractivity contribution is -0.147. The average Bonchev–Trinajstić information content (AvgIpc) is 3.04. The zero-order valence-corrected chi connectivity index (χ0v) is 17.1. The summed E-state index contributed by atoms with van der Waals surface area (Å²) in [5.74, 6) is -1.75. The molecular weight excluding hydrogens is 352 g/mol. The molecule has 0 saturated heterocycles. The van der Waals surface area contributed by atoms with E-state index in [4.69, 9.17) is 9.62 Å². The van der Waals surface area contributed by atoms with Crippen LogP contribution in [0, 0.1) is 17.3 Å². The second-order valence-corrected chi connectivity index (χ2v) is 8.60. The summed E-state index contributed by atoms with van der Waals surface area (Å²) in [5, 5.41) is 29.9. The minimum absolute atomic E-state index is 0.0472. The lowest BCUT2D eigenvalue weighted by Gasteiger charge is -2.31. The first-order chi connectivity index (χ1) is 12.4. The first kappa shape index (κ1) is 23.0. The van der Waals surface area contributed by atoms with Crippen LogP contribution in [0.15, 0.2) is 4.42 Å². The van der Waals surface area contributed by atoms with E-state index in [0.29, 0.717) is 5.89 Å². The van der Waals surface area contributed by atoms with Gasteiger partial charge in [-0.05, 0) is 17.8 Å². The standard InChI is InChI=1S/C18H32N4O5/c1-9(2)8-11(12(23)15(25)22-26)14(24)19-13(18(5,6)7)17-21-20-16(27-17)10(3)4/h9-13,23,26H,8H2,1-7H3,(H,19,24)(H,22,25)/t11-,12+,13-/m1/s1. The number of hydrogen-bond acceptors (Lipinski definition) is 7. The highest BCUT2D eigenvalue weighted by atomic mass is 16.5. The van der Waals surface area contributed by atoms with Crippen molar-refractivity contribution in [3.8, 4) is 0 Å². The number of aliphatic hydroxyl groups excluding tert-OH is 1. The lowest BCUT2D eigenvalue weighted by Crippen LogP contribution is -2.48. The molecule has 0 unspecified atom stereocenters. The van der Waals surface area contributed by atoms with Gasteiger partial charge in [-0.15, -0.1) is 10.2 Å². The van der Waals surface area contributed by atoms with Crippen molar-refractivity contribution in [2.24, 2.45) is 17.3 Å². The maximum absolute atomic E-state index is 12.9. The van der Waals surface area contributed by atoms with Crippen molar-refractivity contribution in [1.82, 2.24) is 21.0 Å². The van der Waals surface area contributed by atoms with E-state index in [2.05, 4.69) is 15.5 Å². The molecule has 27 heavy (non-hydrogen) atoms. The van der Waals surface area contributed by atoms with Crippen LogP contribution in [0.3, 0.4) is 0 Å². The van der Waals surface area contributed by atoms with Gasteiger partial charge in [0.2, 0.25) is 17.7 Å². The molecule has 1 heterocycles. The fourth-order valence-corrected chi connectivity index (χ4v) is 2.63. The summed E-state index contributed by atoms with van der Waals surface area (Å²) < 4.78 is 5.71. The lowest BCUT2D eigenvalue weighted by atomic mass is 9.85. The topological polar surface area (TPSA) is 138 Å². The molecule has 0 aromatic carbocycles. The predicted octanol–water partition coefficient (Wildman–Crippen LogP) is 1.92. The van der Waals surface area contributed by atoms with Crippen molar-refractivity contribution in [1.29, 1.82) is 0 Å². The third-order valence-electron chi connectivity index (χ3n) is 4.17. The molecule has 154 valence electrons. The maximum Gasteiger partial charge on any atom is 0.272 e. The van der Waals surface area contributed by atoms with Crippen LogP contribution < -0.4 is 10.8 Å². The SMILES string of the molecule is CC(C)C[C@@H](C(=O)N[C@H](c1nnc(C(C)C)o1)C(C)(C)C)[C@H](O)C(=O)NO. The number of carbonyl (C=O) groups is 2. The van der Waals surface area contributed by atoms with Crippen LogP contribution in [0.5, 0.6) is 0 Å². The van der Waals surface area contributed by atoms with E-state index in [0.717, 1.165) is 0 Å². The summed E-state index contributed by atoms with van der Waals surface area (Å²) in [7, 11) is 0. The minimum Gasteiger partial charge on any atom is -0.423 e. The van der Waals surface area contributed by atoms with E-state index in [1.54, 1.807) is 0 Å². The van der Waals surface area contributed by atoms with Gasteiger partial charge in [-0.1, -0.05) is 48.5 Å². The zero-order chi connectivity index (χ0) is 20.9. The number of nitrogens with zero attached hydrogens (tertiary/aromatic N) is 2. The highest BCUT2D eigenvalue weighted by Crippen LogP contribution is 2.33. The average molecular weight is 384 g/mol. The number of amides is 2. The summed E-state index contributed by atoms with van der Waals surface area (Å²) >= 11 is 0. The molecule has 9 heteroatoms. The van der Waals surface area contributed by atoms with Gasteiger partial charge in [0.1, 0.15) is 12.1 Å². The summed E-state index contributed by atoms with van der Waals surface area (Å²) in [4.78, 5) is 24.5. The van der Waals surface area contributed by atoms with Gasteiger partial charge in [-0.2, -0.15) is 0 Å². The van der Waals surface area contributed by atoms with Crippen LogP contribution in [0.1, 0.15) is 78.6 Å². The van der Waals surface area contributed by atoms with E-state index in [1.807, 2.05) is 48.5 Å². The monoisotopic (exact) mass is 384 g/mol. The van der Waals surface area contributed by atoms with Gasteiger partial charge in [-0.25, -0.2) is 5.48 Å². The molecule has 0 fully saturated rings. The molecule has 4 N–H and O–H groups in total. The summed E-state index contributed by atoms with van der Waals surface area (Å²) in [5.41, 5.74) is 0.939. The first-order valence-corrected chi connectivity index (χ1v) is 9.14. The number of aliphatic hydroxyl groups is 1. The summed E-state index contributed by atoms with van der Waals surface area (Å²) in [6.07, 6.45) is -1.41. The van der Waals surface area contributed by atoms with Gasteiger partial charge in [0.15, 0.2) is 0 Å². The Kier molecular flexibility index (Phi) is 7.91. The van der Waals surface area contributed by atoms with E-state index in [1.165, 1.54) is 5.48 Å². The molecule has 0 spiro atoms. The fraction of sp³-hybridized carbons (Fsp3) is 0.778. The number of rotatable bonds is 8. The Hall–Kier alpha value is -2.00. The van der Waals surface area contributed by atoms with Crippen molar-refractivity contribution in [2.75, 3.05) is 0 Å². The molecular formula is C18H32N4O5. The Bertz CT molecular complexity index is 636. The van der Waals surface area contributed by atoms with Crippen LogP contribution in [0.4, 0.5) is 0 Å². The third kappa shape index (κ3) is 6.28. The largest absolute Gasteiger partial charge is 0.423 e. The number of aromatic nitrogens is 2. The normalized spacial score (nSPS) is 15.5. The summed E-state index contributed by atoms with van der Waals surface area (Å²) in [6, 6.07) is -0.607. The molecule has 0 aliphatic carbocycles. The van der Waals surface area contributed by atoms with Gasteiger partial charge in [0, 0.05) is 5.92 Å². The number of carbonyl (C=O) groups excluding carboxylic acids is 2. The van der Waals surface area contributed by atoms with Crippen molar-refractivity contribution < 1.29 is 24.3 Å². The van der Waals surface area contributed by atoms with Crippen LogP contribution in [0.2, 0.25) is 0 Å². The van der Waals surface area contributed by atoms with Gasteiger partial charge in [0.25, 0.3) is 5.91 Å². The van der Waals surface area contributed by atoms with E-state index < -0.39 is 35.3 Å². The minimum atomic E-state index is -1.67. The van der Waals surface area contributed by atoms with Gasteiger partial charge < -0.3 is 14.8 Å². The zero-order valence-electron chi connectivity index (χ0n) is 17.1.